The van der Waals surface area contributed by atoms with Gasteiger partial charge in [-0.05, 0) is 44.9 Å². The summed E-state index contributed by atoms with van der Waals surface area (Å²) in [6, 6.07) is 8.40. The highest BCUT2D eigenvalue weighted by Gasteiger charge is 2.28. The van der Waals surface area contributed by atoms with Crippen LogP contribution in [0.3, 0.4) is 0 Å². The Morgan fingerprint density at radius 3 is 2.91 bits per heavy atom. The van der Waals surface area contributed by atoms with Crippen molar-refractivity contribution >= 4 is 23.2 Å². The van der Waals surface area contributed by atoms with Crippen molar-refractivity contribution in [3.8, 4) is 0 Å². The molecule has 6 heteroatoms. The van der Waals surface area contributed by atoms with Gasteiger partial charge in [0, 0.05) is 29.2 Å². The molecule has 0 radical (unpaired) electrons. The summed E-state index contributed by atoms with van der Waals surface area (Å²) in [6.07, 6.45) is 4.37. The smallest absolute Gasteiger partial charge is 0.196 e. The highest BCUT2D eigenvalue weighted by Crippen LogP contribution is 2.38. The van der Waals surface area contributed by atoms with Gasteiger partial charge in [0.2, 0.25) is 0 Å². The van der Waals surface area contributed by atoms with Gasteiger partial charge in [0.1, 0.15) is 0 Å². The zero-order valence-corrected chi connectivity index (χ0v) is 14.0. The van der Waals surface area contributed by atoms with Crippen molar-refractivity contribution in [2.24, 2.45) is 0 Å². The van der Waals surface area contributed by atoms with Crippen molar-refractivity contribution in [3.05, 3.63) is 47.4 Å². The van der Waals surface area contributed by atoms with E-state index in [4.69, 9.17) is 0 Å². The molecule has 0 amide bonds. The lowest BCUT2D eigenvalue weighted by Crippen LogP contribution is -2.06. The van der Waals surface area contributed by atoms with Crippen LogP contribution in [0.4, 0.5) is 0 Å². The molecule has 0 unspecified atom stereocenters. The second-order valence-corrected chi connectivity index (χ2v) is 6.95. The second kappa shape index (κ2) is 5.53. The highest BCUT2D eigenvalue weighted by atomic mass is 32.2. The topological polar surface area (TPSA) is 52.2 Å². The minimum Gasteiger partial charge on any atom is -0.345 e. The summed E-state index contributed by atoms with van der Waals surface area (Å²) < 4.78 is 4.22. The minimum atomic E-state index is 0.155. The number of ketones is 1. The molecule has 118 valence electrons. The van der Waals surface area contributed by atoms with Gasteiger partial charge in [-0.15, -0.1) is 10.2 Å². The fraction of sp³-hybridized carbons (Fsp3) is 0.353. The van der Waals surface area contributed by atoms with Gasteiger partial charge >= 0.3 is 0 Å². The molecule has 0 spiro atoms. The van der Waals surface area contributed by atoms with E-state index in [1.165, 1.54) is 30.3 Å². The van der Waals surface area contributed by atoms with Crippen LogP contribution in [0.15, 0.2) is 35.6 Å². The maximum atomic E-state index is 12.6. The van der Waals surface area contributed by atoms with Crippen LogP contribution in [-0.2, 0) is 0 Å². The van der Waals surface area contributed by atoms with Gasteiger partial charge in [-0.3, -0.25) is 9.20 Å². The molecule has 3 heterocycles. The van der Waals surface area contributed by atoms with E-state index in [0.717, 1.165) is 22.1 Å². The van der Waals surface area contributed by atoms with E-state index in [-0.39, 0.29) is 5.78 Å². The monoisotopic (exact) mass is 326 g/mol. The van der Waals surface area contributed by atoms with Gasteiger partial charge in [-0.1, -0.05) is 17.8 Å². The van der Waals surface area contributed by atoms with Crippen molar-refractivity contribution in [1.29, 1.82) is 0 Å². The second-order valence-electron chi connectivity index (χ2n) is 6.01. The van der Waals surface area contributed by atoms with Gasteiger partial charge < -0.3 is 4.57 Å². The Morgan fingerprint density at radius 1 is 1.30 bits per heavy atom. The number of fused-ring (bicyclic) bond motifs is 1. The van der Waals surface area contributed by atoms with Crippen LogP contribution in [0, 0.1) is 13.8 Å². The quantitative estimate of drug-likeness (QED) is 0.532. The number of aromatic nitrogens is 4. The molecule has 0 bridgehead atoms. The number of aryl methyl sites for hydroxylation is 1. The number of Topliss-reactive ketones (excluding diaryl/α,β-unsaturated/α-hetero) is 1. The molecule has 23 heavy (non-hydrogen) atoms. The third kappa shape index (κ3) is 2.57. The van der Waals surface area contributed by atoms with Crippen LogP contribution < -0.4 is 0 Å². The van der Waals surface area contributed by atoms with E-state index in [9.17, 15) is 4.79 Å². The lowest BCUT2D eigenvalue weighted by molar-refractivity contribution is 0.102. The van der Waals surface area contributed by atoms with Gasteiger partial charge in [0.25, 0.3) is 0 Å². The summed E-state index contributed by atoms with van der Waals surface area (Å²) >= 11 is 1.44. The lowest BCUT2D eigenvalue weighted by atomic mass is 10.2. The first-order valence-corrected chi connectivity index (χ1v) is 8.78. The zero-order chi connectivity index (χ0) is 16.0. The highest BCUT2D eigenvalue weighted by molar-refractivity contribution is 7.99. The van der Waals surface area contributed by atoms with E-state index >= 15 is 0 Å². The molecule has 0 aromatic carbocycles. The number of carbonyl (C=O) groups excluding carboxylic acids is 1. The van der Waals surface area contributed by atoms with Gasteiger partial charge in [-0.2, -0.15) is 0 Å². The Morgan fingerprint density at radius 2 is 2.13 bits per heavy atom. The minimum absolute atomic E-state index is 0.155. The van der Waals surface area contributed by atoms with Crippen LogP contribution in [0.2, 0.25) is 0 Å². The molecule has 1 aliphatic carbocycles. The van der Waals surface area contributed by atoms with Gasteiger partial charge in [0.15, 0.2) is 16.6 Å². The van der Waals surface area contributed by atoms with E-state index < -0.39 is 0 Å². The molecule has 0 saturated heterocycles. The maximum absolute atomic E-state index is 12.6. The van der Waals surface area contributed by atoms with Crippen molar-refractivity contribution in [3.63, 3.8) is 0 Å². The van der Waals surface area contributed by atoms with Crippen LogP contribution >= 0.6 is 11.8 Å². The van der Waals surface area contributed by atoms with E-state index in [2.05, 4.69) is 28.6 Å². The summed E-state index contributed by atoms with van der Waals surface area (Å²) in [4.78, 5) is 12.6. The first-order chi connectivity index (χ1) is 11.1. The number of thioether (sulfide) groups is 1. The first-order valence-electron chi connectivity index (χ1n) is 7.79. The normalized spacial score (nSPS) is 14.5. The van der Waals surface area contributed by atoms with Crippen molar-refractivity contribution in [1.82, 2.24) is 19.2 Å². The summed E-state index contributed by atoms with van der Waals surface area (Å²) in [5, 5.41) is 9.03. The fourth-order valence-electron chi connectivity index (χ4n) is 3.08. The van der Waals surface area contributed by atoms with Gasteiger partial charge in [-0.25, -0.2) is 0 Å². The number of pyridine rings is 1. The molecule has 4 rings (SSSR count). The number of hydrogen-bond acceptors (Lipinski definition) is 4. The Labute approximate surface area is 138 Å². The summed E-state index contributed by atoms with van der Waals surface area (Å²) in [5.74, 6) is 0.535. The number of carbonyl (C=O) groups is 1. The molecule has 1 saturated carbocycles. The molecule has 3 aromatic heterocycles. The Kier molecular flexibility index (Phi) is 3.49. The molecule has 0 N–H and O–H groups in total. The Balaban J connectivity index is 1.53. The zero-order valence-electron chi connectivity index (χ0n) is 13.2. The largest absolute Gasteiger partial charge is 0.345 e. The van der Waals surface area contributed by atoms with E-state index in [1.807, 2.05) is 34.9 Å². The molecule has 1 fully saturated rings. The van der Waals surface area contributed by atoms with E-state index in [0.29, 0.717) is 11.8 Å². The summed E-state index contributed by atoms with van der Waals surface area (Å²) in [6.45, 7) is 4.14. The SMILES string of the molecule is Cc1cc(C(=O)CSc2nnc3ccccn23)c(C)n1C1CC1. The van der Waals surface area contributed by atoms with Crippen molar-refractivity contribution in [2.45, 2.75) is 37.9 Å². The number of nitrogens with zero attached hydrogens (tertiary/aromatic N) is 4. The number of rotatable bonds is 5. The van der Waals surface area contributed by atoms with Crippen LogP contribution in [0.1, 0.15) is 40.6 Å². The Hall–Kier alpha value is -2.08. The first kappa shape index (κ1) is 14.5. The Bertz CT molecular complexity index is 891. The predicted molar refractivity (Wildman–Crippen MR) is 90.2 cm³/mol. The average molecular weight is 326 g/mol. The fourth-order valence-corrected chi connectivity index (χ4v) is 3.89. The summed E-state index contributed by atoms with van der Waals surface area (Å²) in [7, 11) is 0. The maximum Gasteiger partial charge on any atom is 0.196 e. The van der Waals surface area contributed by atoms with E-state index in [1.54, 1.807) is 0 Å². The molecule has 5 nitrogen and oxygen atoms in total. The third-order valence-electron chi connectivity index (χ3n) is 4.31. The number of hydrogen-bond donors (Lipinski definition) is 0. The molecule has 3 aromatic rings. The predicted octanol–water partition coefficient (Wildman–Crippen LogP) is 3.46. The molecular weight excluding hydrogens is 308 g/mol. The molecule has 1 aliphatic rings. The molecular formula is C17H18N4OS. The van der Waals surface area contributed by atoms with Crippen LogP contribution in [-0.4, -0.2) is 30.7 Å². The van der Waals surface area contributed by atoms with Gasteiger partial charge in [0.05, 0.1) is 5.75 Å². The van der Waals surface area contributed by atoms with Crippen molar-refractivity contribution in [2.75, 3.05) is 5.75 Å². The van der Waals surface area contributed by atoms with Crippen LogP contribution in [0.5, 0.6) is 0 Å². The lowest BCUT2D eigenvalue weighted by Gasteiger charge is -2.07. The standard InChI is InChI=1S/C17H18N4OS/c1-11-9-14(12(2)21(11)13-6-7-13)15(22)10-23-17-19-18-16-5-3-4-8-20(16)17/h3-5,8-9,13H,6-7,10H2,1-2H3. The van der Waals surface area contributed by atoms with Crippen molar-refractivity contribution < 1.29 is 4.79 Å². The summed E-state index contributed by atoms with van der Waals surface area (Å²) in [5.41, 5.74) is 3.93. The average Bonchev–Trinajstić information content (AvgIpc) is 3.22. The van der Waals surface area contributed by atoms with Crippen LogP contribution in [0.25, 0.3) is 5.65 Å². The molecule has 0 aliphatic heterocycles. The molecule has 0 atom stereocenters. The third-order valence-corrected chi connectivity index (χ3v) is 5.25.